The molecule has 1 aliphatic carbocycles. The van der Waals surface area contributed by atoms with Crippen molar-refractivity contribution in [1.29, 1.82) is 0 Å². The first-order valence-corrected chi connectivity index (χ1v) is 12.2. The van der Waals surface area contributed by atoms with Crippen LogP contribution in [0.1, 0.15) is 40.9 Å². The molecule has 0 atom stereocenters. The molecule has 0 saturated carbocycles. The number of thiazole rings is 1. The topological polar surface area (TPSA) is 30.0 Å². The number of carbonyl (C=O) groups excluding carboxylic acids is 1. The minimum absolute atomic E-state index is 0.168. The summed E-state index contributed by atoms with van der Waals surface area (Å²) in [5, 5.41) is 1.11. The lowest BCUT2D eigenvalue weighted by atomic mass is 10.0. The van der Waals surface area contributed by atoms with Gasteiger partial charge in [0.1, 0.15) is 5.01 Å². The fraction of sp³-hybridized carbons (Fsp3) is 0.133. The quantitative estimate of drug-likeness (QED) is 0.275. The molecule has 0 unspecified atom stereocenters. The Morgan fingerprint density at radius 1 is 0.667 bits per heavy atom. The van der Waals surface area contributed by atoms with Crippen molar-refractivity contribution < 1.29 is 4.79 Å². The summed E-state index contributed by atoms with van der Waals surface area (Å²) < 4.78 is 1.25. The SMILES string of the molecule is CCc1ccc(-c2nc3ccccc3s2)cc1.CCc1ccc2c(c1)C(=O)c1ccccc1-2. The van der Waals surface area contributed by atoms with Gasteiger partial charge in [0.2, 0.25) is 0 Å². The van der Waals surface area contributed by atoms with Gasteiger partial charge in [-0.25, -0.2) is 4.98 Å². The molecule has 0 saturated heterocycles. The number of benzene rings is 4. The molecular weight excluding hydrogens is 422 g/mol. The Morgan fingerprint density at radius 2 is 1.30 bits per heavy atom. The van der Waals surface area contributed by atoms with Crippen LogP contribution < -0.4 is 0 Å². The molecule has 1 heterocycles. The third-order valence-corrected chi connectivity index (χ3v) is 7.19. The molecule has 0 radical (unpaired) electrons. The van der Waals surface area contributed by atoms with Crippen molar-refractivity contribution in [2.45, 2.75) is 26.7 Å². The van der Waals surface area contributed by atoms with Crippen LogP contribution in [0.15, 0.2) is 91.0 Å². The summed E-state index contributed by atoms with van der Waals surface area (Å²) in [4.78, 5) is 16.8. The molecule has 0 amide bonds. The van der Waals surface area contributed by atoms with Gasteiger partial charge >= 0.3 is 0 Å². The van der Waals surface area contributed by atoms with Crippen molar-refractivity contribution in [3.63, 3.8) is 0 Å². The van der Waals surface area contributed by atoms with Crippen LogP contribution in [0, 0.1) is 0 Å². The van der Waals surface area contributed by atoms with Gasteiger partial charge in [0.05, 0.1) is 10.2 Å². The number of ketones is 1. The summed E-state index contributed by atoms with van der Waals surface area (Å²) >= 11 is 1.75. The number of fused-ring (bicyclic) bond motifs is 4. The van der Waals surface area contributed by atoms with Crippen LogP contribution >= 0.6 is 11.3 Å². The molecular formula is C30H25NOS. The van der Waals surface area contributed by atoms with Crippen LogP contribution in [-0.2, 0) is 12.8 Å². The van der Waals surface area contributed by atoms with E-state index < -0.39 is 0 Å². The molecule has 1 aliphatic rings. The fourth-order valence-corrected chi connectivity index (χ4v) is 5.14. The Morgan fingerprint density at radius 3 is 2.03 bits per heavy atom. The second-order valence-electron chi connectivity index (χ2n) is 8.15. The van der Waals surface area contributed by atoms with Gasteiger partial charge in [-0.2, -0.15) is 0 Å². The van der Waals surface area contributed by atoms with E-state index in [2.05, 4.69) is 73.4 Å². The Balaban J connectivity index is 0.000000139. The number of carbonyl (C=O) groups is 1. The molecule has 2 nitrogen and oxygen atoms in total. The van der Waals surface area contributed by atoms with Gasteiger partial charge in [-0.15, -0.1) is 11.3 Å². The first-order valence-electron chi connectivity index (χ1n) is 11.4. The van der Waals surface area contributed by atoms with E-state index in [4.69, 9.17) is 0 Å². The smallest absolute Gasteiger partial charge is 0.194 e. The fourth-order valence-electron chi connectivity index (χ4n) is 4.17. The maximum absolute atomic E-state index is 12.2. The summed E-state index contributed by atoms with van der Waals surface area (Å²) in [6.45, 7) is 4.28. The van der Waals surface area contributed by atoms with Crippen LogP contribution in [-0.4, -0.2) is 10.8 Å². The van der Waals surface area contributed by atoms with E-state index in [-0.39, 0.29) is 5.78 Å². The molecule has 0 bridgehead atoms. The zero-order valence-electron chi connectivity index (χ0n) is 18.8. The minimum atomic E-state index is 0.168. The van der Waals surface area contributed by atoms with Crippen molar-refractivity contribution in [1.82, 2.24) is 4.98 Å². The van der Waals surface area contributed by atoms with E-state index in [0.717, 1.165) is 45.6 Å². The third-order valence-electron chi connectivity index (χ3n) is 6.10. The monoisotopic (exact) mass is 447 g/mol. The van der Waals surface area contributed by atoms with Gasteiger partial charge in [0.15, 0.2) is 5.78 Å². The first-order chi connectivity index (χ1) is 16.2. The van der Waals surface area contributed by atoms with E-state index in [9.17, 15) is 4.79 Å². The van der Waals surface area contributed by atoms with Crippen LogP contribution in [0.25, 0.3) is 31.9 Å². The summed E-state index contributed by atoms with van der Waals surface area (Å²) in [6.07, 6.45) is 2.05. The van der Waals surface area contributed by atoms with Crippen LogP contribution in [0.2, 0.25) is 0 Å². The van der Waals surface area contributed by atoms with E-state index in [1.54, 1.807) is 11.3 Å². The van der Waals surface area contributed by atoms with Crippen molar-refractivity contribution in [2.24, 2.45) is 0 Å². The number of rotatable bonds is 3. The van der Waals surface area contributed by atoms with E-state index in [0.29, 0.717) is 0 Å². The highest BCUT2D eigenvalue weighted by Crippen LogP contribution is 2.36. The number of aromatic nitrogens is 1. The van der Waals surface area contributed by atoms with Crippen LogP contribution in [0.4, 0.5) is 0 Å². The molecule has 0 N–H and O–H groups in total. The Labute approximate surface area is 198 Å². The van der Waals surface area contributed by atoms with E-state index in [1.165, 1.54) is 21.4 Å². The molecule has 1 aromatic heterocycles. The number of hydrogen-bond acceptors (Lipinski definition) is 3. The molecule has 0 spiro atoms. The lowest BCUT2D eigenvalue weighted by Gasteiger charge is -2.01. The summed E-state index contributed by atoms with van der Waals surface area (Å²) in [5.41, 5.74) is 8.75. The number of hydrogen-bond donors (Lipinski definition) is 0. The minimum Gasteiger partial charge on any atom is -0.289 e. The molecule has 0 aliphatic heterocycles. The average molecular weight is 448 g/mol. The van der Waals surface area contributed by atoms with Gasteiger partial charge in [-0.1, -0.05) is 86.6 Å². The molecule has 4 aromatic carbocycles. The number of para-hydroxylation sites is 1. The second-order valence-corrected chi connectivity index (χ2v) is 9.18. The maximum atomic E-state index is 12.2. The van der Waals surface area contributed by atoms with Crippen molar-refractivity contribution in [2.75, 3.05) is 0 Å². The highest BCUT2D eigenvalue weighted by atomic mass is 32.1. The molecule has 6 rings (SSSR count). The highest BCUT2D eigenvalue weighted by molar-refractivity contribution is 7.21. The number of nitrogens with zero attached hydrogens (tertiary/aromatic N) is 1. The average Bonchev–Trinajstić information content (AvgIpc) is 3.44. The molecule has 3 heteroatoms. The zero-order chi connectivity index (χ0) is 22.8. The predicted molar refractivity (Wildman–Crippen MR) is 139 cm³/mol. The summed E-state index contributed by atoms with van der Waals surface area (Å²) in [7, 11) is 0. The van der Waals surface area contributed by atoms with E-state index >= 15 is 0 Å². The Hall–Kier alpha value is -3.56. The molecule has 162 valence electrons. The van der Waals surface area contributed by atoms with E-state index in [1.807, 2.05) is 36.4 Å². The summed E-state index contributed by atoms with van der Waals surface area (Å²) in [6, 6.07) is 31.0. The van der Waals surface area contributed by atoms with Gasteiger partial charge < -0.3 is 0 Å². The van der Waals surface area contributed by atoms with Crippen molar-refractivity contribution in [3.8, 4) is 21.7 Å². The molecule has 33 heavy (non-hydrogen) atoms. The van der Waals surface area contributed by atoms with Crippen molar-refractivity contribution in [3.05, 3.63) is 113 Å². The summed E-state index contributed by atoms with van der Waals surface area (Å²) in [5.74, 6) is 0.168. The van der Waals surface area contributed by atoms with Gasteiger partial charge in [0.25, 0.3) is 0 Å². The van der Waals surface area contributed by atoms with Crippen LogP contribution in [0.3, 0.4) is 0 Å². The third kappa shape index (κ3) is 4.12. The zero-order valence-corrected chi connectivity index (χ0v) is 19.7. The van der Waals surface area contributed by atoms with Gasteiger partial charge in [-0.05, 0) is 53.3 Å². The Bertz CT molecular complexity index is 1410. The molecule has 0 fully saturated rings. The Kier molecular flexibility index (Phi) is 5.89. The van der Waals surface area contributed by atoms with Crippen LogP contribution in [0.5, 0.6) is 0 Å². The largest absolute Gasteiger partial charge is 0.289 e. The van der Waals surface area contributed by atoms with Gasteiger partial charge in [0, 0.05) is 16.7 Å². The first kappa shape index (κ1) is 21.3. The normalized spacial score (nSPS) is 11.6. The lowest BCUT2D eigenvalue weighted by molar-refractivity contribution is 0.104. The molecule has 5 aromatic rings. The van der Waals surface area contributed by atoms with Crippen molar-refractivity contribution >= 4 is 27.3 Å². The second kappa shape index (κ2) is 9.13. The lowest BCUT2D eigenvalue weighted by Crippen LogP contribution is -1.95. The predicted octanol–water partition coefficient (Wildman–Crippen LogP) is 7.99. The standard InChI is InChI=1S/C15H13NS.C15H12O/c1-2-11-7-9-12(10-8-11)15-16-13-5-3-4-6-14(13)17-15;1-2-10-7-8-12-11-5-3-4-6-13(11)15(16)14(12)9-10/h3-10H,2H2,1H3;3-9H,2H2,1H3. The van der Waals surface area contributed by atoms with Gasteiger partial charge in [-0.3, -0.25) is 4.79 Å². The maximum Gasteiger partial charge on any atom is 0.194 e. The number of aryl methyl sites for hydroxylation is 2. The highest BCUT2D eigenvalue weighted by Gasteiger charge is 2.25.